The Morgan fingerprint density at radius 3 is 2.78 bits per heavy atom. The maximum Gasteiger partial charge on any atom is 0.126 e. The number of nitrogens with one attached hydrogen (secondary N) is 1. The Balaban J connectivity index is 1.59. The highest BCUT2D eigenvalue weighted by Gasteiger charge is 2.19. The van der Waals surface area contributed by atoms with E-state index in [1.54, 1.807) is 0 Å². The zero-order chi connectivity index (χ0) is 15.6. The first-order chi connectivity index (χ1) is 11.3. The molecular formula is C18H20N4O. The lowest BCUT2D eigenvalue weighted by atomic mass is 9.93. The van der Waals surface area contributed by atoms with E-state index in [4.69, 9.17) is 4.98 Å². The minimum Gasteiger partial charge on any atom is -0.393 e. The van der Waals surface area contributed by atoms with Gasteiger partial charge in [0.25, 0.3) is 0 Å². The minimum atomic E-state index is -0.133. The highest BCUT2D eigenvalue weighted by Crippen LogP contribution is 2.25. The van der Waals surface area contributed by atoms with Gasteiger partial charge in [-0.15, -0.1) is 0 Å². The van der Waals surface area contributed by atoms with Gasteiger partial charge in [0.05, 0.1) is 23.5 Å². The van der Waals surface area contributed by atoms with Crippen LogP contribution in [-0.4, -0.2) is 31.9 Å². The van der Waals surface area contributed by atoms with Crippen LogP contribution in [0.15, 0.2) is 48.8 Å². The Morgan fingerprint density at radius 1 is 1.04 bits per heavy atom. The number of pyridine rings is 2. The Labute approximate surface area is 135 Å². The molecule has 0 spiro atoms. The summed E-state index contributed by atoms with van der Waals surface area (Å²) in [6.45, 7) is 0. The number of aliphatic hydroxyl groups excluding tert-OH is 1. The maximum atomic E-state index is 9.61. The van der Waals surface area contributed by atoms with Gasteiger partial charge in [-0.05, 0) is 49.9 Å². The van der Waals surface area contributed by atoms with Crippen LogP contribution in [0.3, 0.4) is 0 Å². The molecule has 1 aliphatic carbocycles. The standard InChI is InChI=1S/C18H20N4O/c23-14-9-7-13(8-10-14)20-18-6-3-4-16(21-18)15-12-19-22-11-2-1-5-17(15)22/h1-6,11-14,23H,7-10H2,(H,20,21). The number of rotatable bonds is 3. The molecule has 5 heteroatoms. The third-order valence-electron chi connectivity index (χ3n) is 4.50. The van der Waals surface area contributed by atoms with Crippen LogP contribution in [0.1, 0.15) is 25.7 Å². The molecule has 23 heavy (non-hydrogen) atoms. The Kier molecular flexibility index (Phi) is 3.71. The molecule has 1 fully saturated rings. The largest absolute Gasteiger partial charge is 0.393 e. The number of aliphatic hydroxyl groups is 1. The number of fused-ring (bicyclic) bond motifs is 1. The van der Waals surface area contributed by atoms with E-state index in [1.165, 1.54) is 0 Å². The van der Waals surface area contributed by atoms with Gasteiger partial charge in [0.2, 0.25) is 0 Å². The summed E-state index contributed by atoms with van der Waals surface area (Å²) in [6, 6.07) is 12.5. The number of aromatic nitrogens is 3. The molecule has 0 saturated heterocycles. The predicted octanol–water partition coefficient (Wildman–Crippen LogP) is 3.11. The molecule has 2 N–H and O–H groups in total. The normalized spacial score (nSPS) is 21.4. The van der Waals surface area contributed by atoms with Crippen molar-refractivity contribution in [3.8, 4) is 11.3 Å². The molecule has 118 valence electrons. The number of hydrogen-bond donors (Lipinski definition) is 2. The molecule has 5 nitrogen and oxygen atoms in total. The SMILES string of the molecule is OC1CCC(Nc2cccc(-c3cnn4ccccc34)n2)CC1. The summed E-state index contributed by atoms with van der Waals surface area (Å²) in [5.74, 6) is 0.888. The zero-order valence-electron chi connectivity index (χ0n) is 12.9. The molecule has 0 unspecified atom stereocenters. The Bertz CT molecular complexity index is 805. The van der Waals surface area contributed by atoms with Crippen LogP contribution in [0, 0.1) is 0 Å². The summed E-state index contributed by atoms with van der Waals surface area (Å²) < 4.78 is 1.86. The summed E-state index contributed by atoms with van der Waals surface area (Å²) in [4.78, 5) is 4.75. The van der Waals surface area contributed by atoms with Crippen molar-refractivity contribution in [3.05, 3.63) is 48.8 Å². The van der Waals surface area contributed by atoms with Crippen molar-refractivity contribution in [1.29, 1.82) is 0 Å². The number of anilines is 1. The number of nitrogens with zero attached hydrogens (tertiary/aromatic N) is 3. The summed E-state index contributed by atoms with van der Waals surface area (Å²) in [5.41, 5.74) is 3.01. The van der Waals surface area contributed by atoms with E-state index in [9.17, 15) is 5.11 Å². The Morgan fingerprint density at radius 2 is 1.91 bits per heavy atom. The van der Waals surface area contributed by atoms with E-state index in [-0.39, 0.29) is 6.10 Å². The molecule has 4 rings (SSSR count). The van der Waals surface area contributed by atoms with E-state index in [1.807, 2.05) is 53.3 Å². The number of hydrogen-bond acceptors (Lipinski definition) is 4. The molecular weight excluding hydrogens is 288 g/mol. The second-order valence-corrected chi connectivity index (χ2v) is 6.15. The first-order valence-corrected chi connectivity index (χ1v) is 8.14. The monoisotopic (exact) mass is 308 g/mol. The van der Waals surface area contributed by atoms with Crippen LogP contribution < -0.4 is 5.32 Å². The van der Waals surface area contributed by atoms with E-state index < -0.39 is 0 Å². The van der Waals surface area contributed by atoms with E-state index in [2.05, 4.69) is 10.4 Å². The van der Waals surface area contributed by atoms with Gasteiger partial charge in [-0.1, -0.05) is 12.1 Å². The maximum absolute atomic E-state index is 9.61. The fourth-order valence-corrected chi connectivity index (χ4v) is 3.23. The summed E-state index contributed by atoms with van der Waals surface area (Å²) in [5, 5.41) is 17.5. The quantitative estimate of drug-likeness (QED) is 0.780. The van der Waals surface area contributed by atoms with Gasteiger partial charge in [-0.3, -0.25) is 0 Å². The van der Waals surface area contributed by atoms with E-state index in [0.717, 1.165) is 48.3 Å². The molecule has 3 aromatic heterocycles. The lowest BCUT2D eigenvalue weighted by Gasteiger charge is -2.26. The topological polar surface area (TPSA) is 62.5 Å². The van der Waals surface area contributed by atoms with E-state index >= 15 is 0 Å². The van der Waals surface area contributed by atoms with Gasteiger partial charge in [-0.2, -0.15) is 5.10 Å². The smallest absolute Gasteiger partial charge is 0.126 e. The molecule has 0 atom stereocenters. The molecule has 3 aromatic rings. The average molecular weight is 308 g/mol. The molecule has 1 saturated carbocycles. The van der Waals surface area contributed by atoms with Crippen LogP contribution in [0.2, 0.25) is 0 Å². The van der Waals surface area contributed by atoms with Crippen LogP contribution >= 0.6 is 0 Å². The average Bonchev–Trinajstić information content (AvgIpc) is 3.01. The van der Waals surface area contributed by atoms with Crippen molar-refractivity contribution in [2.75, 3.05) is 5.32 Å². The van der Waals surface area contributed by atoms with Gasteiger partial charge >= 0.3 is 0 Å². The molecule has 3 heterocycles. The van der Waals surface area contributed by atoms with Crippen molar-refractivity contribution in [3.63, 3.8) is 0 Å². The van der Waals surface area contributed by atoms with Gasteiger partial charge in [0.15, 0.2) is 0 Å². The molecule has 0 radical (unpaired) electrons. The first-order valence-electron chi connectivity index (χ1n) is 8.14. The summed E-state index contributed by atoms with van der Waals surface area (Å²) >= 11 is 0. The van der Waals surface area contributed by atoms with Crippen molar-refractivity contribution < 1.29 is 5.11 Å². The Hall–Kier alpha value is -2.40. The fraction of sp³-hybridized carbons (Fsp3) is 0.333. The second kappa shape index (κ2) is 6.01. The lowest BCUT2D eigenvalue weighted by molar-refractivity contribution is 0.126. The first kappa shape index (κ1) is 14.2. The van der Waals surface area contributed by atoms with Gasteiger partial charge in [0.1, 0.15) is 5.82 Å². The molecule has 0 aromatic carbocycles. The van der Waals surface area contributed by atoms with Crippen molar-refractivity contribution in [1.82, 2.24) is 14.6 Å². The fourth-order valence-electron chi connectivity index (χ4n) is 3.23. The lowest BCUT2D eigenvalue weighted by Crippen LogP contribution is -2.28. The van der Waals surface area contributed by atoms with Gasteiger partial charge in [-0.25, -0.2) is 9.50 Å². The molecule has 0 bridgehead atoms. The highest BCUT2D eigenvalue weighted by atomic mass is 16.3. The van der Waals surface area contributed by atoms with E-state index in [0.29, 0.717) is 6.04 Å². The van der Waals surface area contributed by atoms with Crippen molar-refractivity contribution >= 4 is 11.3 Å². The zero-order valence-corrected chi connectivity index (χ0v) is 12.9. The van der Waals surface area contributed by atoms with Gasteiger partial charge < -0.3 is 10.4 Å². The highest BCUT2D eigenvalue weighted by molar-refractivity contribution is 5.78. The van der Waals surface area contributed by atoms with Crippen LogP contribution in [-0.2, 0) is 0 Å². The molecule has 1 aliphatic rings. The summed E-state index contributed by atoms with van der Waals surface area (Å²) in [7, 11) is 0. The molecule has 0 aliphatic heterocycles. The second-order valence-electron chi connectivity index (χ2n) is 6.15. The van der Waals surface area contributed by atoms with Crippen LogP contribution in [0.5, 0.6) is 0 Å². The third-order valence-corrected chi connectivity index (χ3v) is 4.50. The van der Waals surface area contributed by atoms with Crippen LogP contribution in [0.4, 0.5) is 5.82 Å². The van der Waals surface area contributed by atoms with Gasteiger partial charge in [0, 0.05) is 17.8 Å². The van der Waals surface area contributed by atoms with Crippen molar-refractivity contribution in [2.45, 2.75) is 37.8 Å². The van der Waals surface area contributed by atoms with Crippen LogP contribution in [0.25, 0.3) is 16.8 Å². The third kappa shape index (κ3) is 2.92. The predicted molar refractivity (Wildman–Crippen MR) is 90.3 cm³/mol. The van der Waals surface area contributed by atoms with Crippen molar-refractivity contribution in [2.24, 2.45) is 0 Å². The minimum absolute atomic E-state index is 0.133. The summed E-state index contributed by atoms with van der Waals surface area (Å²) in [6.07, 6.45) is 7.38. The molecule has 0 amide bonds.